The maximum Gasteiger partial charge on any atom is 0.228 e. The number of nitrogens with zero attached hydrogens (tertiary/aromatic N) is 3. The average Bonchev–Trinajstić information content (AvgIpc) is 3.03. The molecule has 2 aliphatic rings. The first-order chi connectivity index (χ1) is 13.0. The molecule has 0 spiro atoms. The summed E-state index contributed by atoms with van der Waals surface area (Å²) in [5.74, 6) is 0.401. The molecule has 0 radical (unpaired) electrons. The Balaban J connectivity index is 1.80. The predicted octanol–water partition coefficient (Wildman–Crippen LogP) is 1.30. The number of carbonyl (C=O) groups excluding carboxylic acids is 3. The van der Waals surface area contributed by atoms with E-state index in [0.29, 0.717) is 32.7 Å². The van der Waals surface area contributed by atoms with Crippen molar-refractivity contribution in [3.05, 3.63) is 29.8 Å². The molecule has 3 amide bonds. The van der Waals surface area contributed by atoms with Crippen molar-refractivity contribution in [2.45, 2.75) is 26.3 Å². The molecular formula is C20H27N3O4. The highest BCUT2D eigenvalue weighted by molar-refractivity contribution is 5.90. The maximum atomic E-state index is 13.2. The van der Waals surface area contributed by atoms with E-state index in [1.165, 1.54) is 0 Å². The van der Waals surface area contributed by atoms with E-state index in [1.807, 2.05) is 31.2 Å². The number of benzene rings is 1. The molecule has 0 saturated carbocycles. The lowest BCUT2D eigenvalue weighted by Crippen LogP contribution is -2.52. The van der Waals surface area contributed by atoms with Crippen molar-refractivity contribution >= 4 is 17.7 Å². The Morgan fingerprint density at radius 1 is 1.07 bits per heavy atom. The summed E-state index contributed by atoms with van der Waals surface area (Å²) < 4.78 is 5.22. The molecule has 0 bridgehead atoms. The molecule has 0 unspecified atom stereocenters. The zero-order valence-electron chi connectivity index (χ0n) is 16.2. The van der Waals surface area contributed by atoms with Crippen molar-refractivity contribution < 1.29 is 19.1 Å². The van der Waals surface area contributed by atoms with Crippen LogP contribution in [0.3, 0.4) is 0 Å². The standard InChI is InChI=1S/C20H27N3O4/c1-4-23-18(25)13-17(19(23)15-5-7-16(27-3)8-6-15)20(26)22-11-9-21(10-12-22)14(2)24/h5-8,17,19H,4,9-13H2,1-3H3/t17-,19+/m1/s1. The molecule has 1 aromatic rings. The number of hydrogen-bond acceptors (Lipinski definition) is 4. The molecule has 27 heavy (non-hydrogen) atoms. The lowest BCUT2D eigenvalue weighted by Gasteiger charge is -2.37. The van der Waals surface area contributed by atoms with Crippen molar-refractivity contribution in [2.75, 3.05) is 39.8 Å². The van der Waals surface area contributed by atoms with Gasteiger partial charge in [0, 0.05) is 46.1 Å². The number of hydrogen-bond donors (Lipinski definition) is 0. The molecule has 7 heteroatoms. The lowest BCUT2D eigenvalue weighted by atomic mass is 9.92. The van der Waals surface area contributed by atoms with Gasteiger partial charge in [-0.25, -0.2) is 0 Å². The number of ether oxygens (including phenoxy) is 1. The van der Waals surface area contributed by atoms with Gasteiger partial charge in [0.2, 0.25) is 17.7 Å². The van der Waals surface area contributed by atoms with E-state index in [-0.39, 0.29) is 30.2 Å². The Morgan fingerprint density at radius 3 is 2.19 bits per heavy atom. The van der Waals surface area contributed by atoms with Gasteiger partial charge >= 0.3 is 0 Å². The number of methoxy groups -OCH3 is 1. The third kappa shape index (κ3) is 3.77. The number of likely N-dealkylation sites (tertiary alicyclic amines) is 1. The van der Waals surface area contributed by atoms with Gasteiger partial charge < -0.3 is 19.4 Å². The summed E-state index contributed by atoms with van der Waals surface area (Å²) in [7, 11) is 1.61. The van der Waals surface area contributed by atoms with Crippen molar-refractivity contribution in [2.24, 2.45) is 5.92 Å². The van der Waals surface area contributed by atoms with Gasteiger partial charge in [0.1, 0.15) is 5.75 Å². The maximum absolute atomic E-state index is 13.2. The minimum atomic E-state index is -0.394. The van der Waals surface area contributed by atoms with Crippen molar-refractivity contribution in [1.29, 1.82) is 0 Å². The quantitative estimate of drug-likeness (QED) is 0.798. The first-order valence-electron chi connectivity index (χ1n) is 9.44. The normalized spacial score (nSPS) is 22.9. The molecule has 7 nitrogen and oxygen atoms in total. The van der Waals surface area contributed by atoms with E-state index in [4.69, 9.17) is 4.74 Å². The number of rotatable bonds is 4. The third-order valence-corrected chi connectivity index (χ3v) is 5.58. The Labute approximate surface area is 159 Å². The van der Waals surface area contributed by atoms with Gasteiger partial charge in [-0.15, -0.1) is 0 Å². The highest BCUT2D eigenvalue weighted by atomic mass is 16.5. The molecule has 0 N–H and O–H groups in total. The fraction of sp³-hybridized carbons (Fsp3) is 0.550. The summed E-state index contributed by atoms with van der Waals surface area (Å²) in [5.41, 5.74) is 0.948. The Kier molecular flexibility index (Phi) is 5.68. The van der Waals surface area contributed by atoms with Gasteiger partial charge in [-0.2, -0.15) is 0 Å². The van der Waals surface area contributed by atoms with Gasteiger partial charge in [0.05, 0.1) is 19.1 Å². The number of piperazine rings is 1. The van der Waals surface area contributed by atoms with Crippen LogP contribution in [-0.4, -0.2) is 72.3 Å². The third-order valence-electron chi connectivity index (χ3n) is 5.58. The summed E-state index contributed by atoms with van der Waals surface area (Å²) in [6, 6.07) is 7.32. The fourth-order valence-corrected chi connectivity index (χ4v) is 4.07. The summed E-state index contributed by atoms with van der Waals surface area (Å²) in [6.07, 6.45) is 0.232. The van der Waals surface area contributed by atoms with Crippen LogP contribution in [0.2, 0.25) is 0 Å². The van der Waals surface area contributed by atoms with Gasteiger partial charge in [-0.05, 0) is 24.6 Å². The predicted molar refractivity (Wildman–Crippen MR) is 100 cm³/mol. The van der Waals surface area contributed by atoms with Crippen LogP contribution in [-0.2, 0) is 14.4 Å². The van der Waals surface area contributed by atoms with Crippen LogP contribution in [0.1, 0.15) is 31.9 Å². The molecule has 2 saturated heterocycles. The van der Waals surface area contributed by atoms with E-state index in [0.717, 1.165) is 11.3 Å². The molecule has 2 heterocycles. The van der Waals surface area contributed by atoms with Crippen molar-refractivity contribution in [3.8, 4) is 5.75 Å². The van der Waals surface area contributed by atoms with Gasteiger partial charge in [-0.1, -0.05) is 12.1 Å². The molecule has 0 aromatic heterocycles. The van der Waals surface area contributed by atoms with Crippen LogP contribution in [0.25, 0.3) is 0 Å². The minimum absolute atomic E-state index is 0.00307. The zero-order valence-corrected chi connectivity index (χ0v) is 16.2. The summed E-state index contributed by atoms with van der Waals surface area (Å²) >= 11 is 0. The zero-order chi connectivity index (χ0) is 19.6. The van der Waals surface area contributed by atoms with E-state index in [2.05, 4.69) is 0 Å². The minimum Gasteiger partial charge on any atom is -0.497 e. The molecule has 3 rings (SSSR count). The second-order valence-electron chi connectivity index (χ2n) is 7.04. The first-order valence-corrected chi connectivity index (χ1v) is 9.44. The molecule has 2 atom stereocenters. The molecule has 0 aliphatic carbocycles. The van der Waals surface area contributed by atoms with Crippen LogP contribution in [0.4, 0.5) is 0 Å². The Bertz CT molecular complexity index is 710. The summed E-state index contributed by atoms with van der Waals surface area (Å²) in [5, 5.41) is 0. The molecule has 146 valence electrons. The molecular weight excluding hydrogens is 346 g/mol. The van der Waals surface area contributed by atoms with Crippen molar-refractivity contribution in [3.63, 3.8) is 0 Å². The van der Waals surface area contributed by atoms with E-state index < -0.39 is 5.92 Å². The van der Waals surface area contributed by atoms with Crippen LogP contribution in [0.5, 0.6) is 5.75 Å². The Morgan fingerprint density at radius 2 is 1.67 bits per heavy atom. The largest absolute Gasteiger partial charge is 0.497 e. The van der Waals surface area contributed by atoms with Crippen LogP contribution >= 0.6 is 0 Å². The summed E-state index contributed by atoms with van der Waals surface area (Å²) in [6.45, 7) is 6.18. The first kappa shape index (κ1) is 19.2. The average molecular weight is 373 g/mol. The highest BCUT2D eigenvalue weighted by Crippen LogP contribution is 2.39. The van der Waals surface area contributed by atoms with Crippen LogP contribution in [0, 0.1) is 5.92 Å². The lowest BCUT2D eigenvalue weighted by molar-refractivity contribution is -0.142. The smallest absolute Gasteiger partial charge is 0.228 e. The second-order valence-corrected chi connectivity index (χ2v) is 7.04. The van der Waals surface area contributed by atoms with Crippen LogP contribution < -0.4 is 4.74 Å². The molecule has 1 aromatic carbocycles. The molecule has 2 fully saturated rings. The van der Waals surface area contributed by atoms with Gasteiger partial charge in [-0.3, -0.25) is 14.4 Å². The van der Waals surface area contributed by atoms with Gasteiger partial charge in [0.25, 0.3) is 0 Å². The number of amides is 3. The molecule has 2 aliphatic heterocycles. The highest BCUT2D eigenvalue weighted by Gasteiger charge is 2.45. The SMILES string of the molecule is CCN1C(=O)C[C@@H](C(=O)N2CCN(C(C)=O)CC2)[C@@H]1c1ccc(OC)cc1. The monoisotopic (exact) mass is 373 g/mol. The van der Waals surface area contributed by atoms with Gasteiger partial charge in [0.15, 0.2) is 0 Å². The summed E-state index contributed by atoms with van der Waals surface area (Å²) in [4.78, 5) is 42.6. The topological polar surface area (TPSA) is 70.2 Å². The van der Waals surface area contributed by atoms with E-state index >= 15 is 0 Å². The second kappa shape index (κ2) is 7.98. The van der Waals surface area contributed by atoms with E-state index in [9.17, 15) is 14.4 Å². The van der Waals surface area contributed by atoms with Crippen LogP contribution in [0.15, 0.2) is 24.3 Å². The fourth-order valence-electron chi connectivity index (χ4n) is 4.07. The number of carbonyl (C=O) groups is 3. The van der Waals surface area contributed by atoms with E-state index in [1.54, 1.807) is 28.7 Å². The Hall–Kier alpha value is -2.57. The van der Waals surface area contributed by atoms with Crippen molar-refractivity contribution in [1.82, 2.24) is 14.7 Å².